The van der Waals surface area contributed by atoms with Gasteiger partial charge in [-0.1, -0.05) is 11.8 Å². The Morgan fingerprint density at radius 3 is 2.38 bits per heavy atom. The highest BCUT2D eigenvalue weighted by molar-refractivity contribution is 7.99. The van der Waals surface area contributed by atoms with Crippen molar-refractivity contribution in [2.45, 2.75) is 10.7 Å². The molecule has 0 saturated carbocycles. The van der Waals surface area contributed by atoms with Crippen LogP contribution in [0.15, 0.2) is 59.8 Å². The van der Waals surface area contributed by atoms with Crippen LogP contribution in [0.4, 0.5) is 14.5 Å². The first-order valence-electron chi connectivity index (χ1n) is 6.81. The first-order valence-corrected chi connectivity index (χ1v) is 7.69. The molecule has 3 rings (SSSR count). The summed E-state index contributed by atoms with van der Waals surface area (Å²) in [6.45, 7) is 0. The summed E-state index contributed by atoms with van der Waals surface area (Å²) >= 11 is 0.458. The number of alkyl halides is 2. The second-order valence-corrected chi connectivity index (χ2v) is 5.72. The Labute approximate surface area is 139 Å². The lowest BCUT2D eigenvalue weighted by Crippen LogP contribution is -2.11. The number of hydrogen-bond donors (Lipinski definition) is 1. The molecule has 0 aliphatic carbocycles. The summed E-state index contributed by atoms with van der Waals surface area (Å²) < 4.78 is 26.0. The third-order valence-corrected chi connectivity index (χ3v) is 3.80. The summed E-state index contributed by atoms with van der Waals surface area (Å²) in [5.41, 5.74) is 1.71. The van der Waals surface area contributed by atoms with Crippen molar-refractivity contribution in [3.63, 3.8) is 0 Å². The van der Waals surface area contributed by atoms with Gasteiger partial charge in [0, 0.05) is 16.1 Å². The molecule has 1 N–H and O–H groups in total. The van der Waals surface area contributed by atoms with Crippen molar-refractivity contribution in [2.24, 2.45) is 0 Å². The quantitative estimate of drug-likeness (QED) is 0.718. The van der Waals surface area contributed by atoms with Crippen molar-refractivity contribution in [3.8, 4) is 5.69 Å². The van der Waals surface area contributed by atoms with Crippen LogP contribution < -0.4 is 5.32 Å². The average Bonchev–Trinajstić information content (AvgIpc) is 3.11. The number of benzene rings is 2. The van der Waals surface area contributed by atoms with Gasteiger partial charge < -0.3 is 5.32 Å². The molecule has 122 valence electrons. The van der Waals surface area contributed by atoms with E-state index in [4.69, 9.17) is 0 Å². The van der Waals surface area contributed by atoms with Crippen LogP contribution in [0.2, 0.25) is 0 Å². The number of anilines is 1. The van der Waals surface area contributed by atoms with E-state index in [9.17, 15) is 13.6 Å². The molecule has 1 amide bonds. The Balaban J connectivity index is 1.66. The zero-order chi connectivity index (χ0) is 16.9. The number of nitrogens with zero attached hydrogens (tertiary/aromatic N) is 4. The van der Waals surface area contributed by atoms with Gasteiger partial charge in [-0.25, -0.2) is 4.68 Å². The number of hydrogen-bond acceptors (Lipinski definition) is 5. The van der Waals surface area contributed by atoms with E-state index in [0.717, 1.165) is 5.69 Å². The molecule has 0 aliphatic heterocycles. The Bertz CT molecular complexity index is 807. The largest absolute Gasteiger partial charge is 0.322 e. The van der Waals surface area contributed by atoms with Crippen molar-refractivity contribution < 1.29 is 13.6 Å². The molecule has 0 radical (unpaired) electrons. The first kappa shape index (κ1) is 16.1. The second kappa shape index (κ2) is 7.18. The number of amides is 1. The SMILES string of the molecule is O=C(Nc1ccc(SC(F)F)cc1)c1ccc(-n2cnnn2)cc1. The van der Waals surface area contributed by atoms with Crippen LogP contribution in [0.25, 0.3) is 5.69 Å². The fourth-order valence-electron chi connectivity index (χ4n) is 1.97. The van der Waals surface area contributed by atoms with Gasteiger partial charge in [-0.3, -0.25) is 4.79 Å². The molecule has 0 fully saturated rings. The summed E-state index contributed by atoms with van der Waals surface area (Å²) in [5, 5.41) is 13.5. The van der Waals surface area contributed by atoms with Gasteiger partial charge in [-0.15, -0.1) is 5.10 Å². The van der Waals surface area contributed by atoms with Gasteiger partial charge in [-0.05, 0) is 59.0 Å². The number of tetrazole rings is 1. The van der Waals surface area contributed by atoms with Crippen LogP contribution in [-0.4, -0.2) is 31.9 Å². The van der Waals surface area contributed by atoms with Crippen LogP contribution in [-0.2, 0) is 0 Å². The first-order chi connectivity index (χ1) is 11.6. The van der Waals surface area contributed by atoms with Gasteiger partial charge in [-0.2, -0.15) is 8.78 Å². The number of rotatable bonds is 5. The molecule has 1 aromatic heterocycles. The van der Waals surface area contributed by atoms with E-state index in [1.165, 1.54) is 23.1 Å². The Morgan fingerprint density at radius 2 is 1.79 bits per heavy atom. The van der Waals surface area contributed by atoms with E-state index < -0.39 is 5.76 Å². The van der Waals surface area contributed by atoms with Crippen molar-refractivity contribution in [1.82, 2.24) is 20.2 Å². The van der Waals surface area contributed by atoms with Gasteiger partial charge in [0.15, 0.2) is 0 Å². The minimum absolute atomic E-state index is 0.299. The maximum atomic E-state index is 12.3. The Kier molecular flexibility index (Phi) is 4.80. The fraction of sp³-hybridized carbons (Fsp3) is 0.0667. The van der Waals surface area contributed by atoms with Gasteiger partial charge in [0.05, 0.1) is 5.69 Å². The predicted molar refractivity (Wildman–Crippen MR) is 85.4 cm³/mol. The van der Waals surface area contributed by atoms with E-state index in [2.05, 4.69) is 20.8 Å². The molecular formula is C15H11F2N5OS. The van der Waals surface area contributed by atoms with E-state index >= 15 is 0 Å². The highest BCUT2D eigenvalue weighted by atomic mass is 32.2. The predicted octanol–water partition coefficient (Wildman–Crippen LogP) is 3.23. The number of aromatic nitrogens is 4. The third-order valence-electron chi connectivity index (χ3n) is 3.08. The standard InChI is InChI=1S/C15H11F2N5OS/c16-15(17)24-13-7-3-11(4-8-13)19-14(23)10-1-5-12(6-2-10)22-9-18-20-21-22/h1-9,15H,(H,19,23). The third kappa shape index (κ3) is 3.93. The molecule has 2 aromatic carbocycles. The summed E-state index contributed by atoms with van der Waals surface area (Å²) in [7, 11) is 0. The van der Waals surface area contributed by atoms with Crippen LogP contribution in [0.5, 0.6) is 0 Å². The van der Waals surface area contributed by atoms with Crippen LogP contribution >= 0.6 is 11.8 Å². The van der Waals surface area contributed by atoms with E-state index in [0.29, 0.717) is 27.9 Å². The minimum atomic E-state index is -2.47. The highest BCUT2D eigenvalue weighted by Gasteiger charge is 2.08. The van der Waals surface area contributed by atoms with Crippen molar-refractivity contribution in [1.29, 1.82) is 0 Å². The number of thioether (sulfide) groups is 1. The van der Waals surface area contributed by atoms with Gasteiger partial charge >= 0.3 is 0 Å². The number of carbonyl (C=O) groups excluding carboxylic acids is 1. The molecule has 0 saturated heterocycles. The van der Waals surface area contributed by atoms with Crippen molar-refractivity contribution in [2.75, 3.05) is 5.32 Å². The molecule has 0 aliphatic rings. The summed E-state index contributed by atoms with van der Waals surface area (Å²) in [6.07, 6.45) is 1.45. The second-order valence-electron chi connectivity index (χ2n) is 4.66. The van der Waals surface area contributed by atoms with Crippen molar-refractivity contribution >= 4 is 23.4 Å². The maximum absolute atomic E-state index is 12.3. The lowest BCUT2D eigenvalue weighted by molar-refractivity contribution is 0.102. The molecule has 1 heterocycles. The topological polar surface area (TPSA) is 72.7 Å². The zero-order valence-corrected chi connectivity index (χ0v) is 13.0. The Hall–Kier alpha value is -2.81. The molecule has 24 heavy (non-hydrogen) atoms. The van der Waals surface area contributed by atoms with E-state index in [1.54, 1.807) is 36.4 Å². The van der Waals surface area contributed by atoms with Gasteiger partial charge in [0.2, 0.25) is 0 Å². The van der Waals surface area contributed by atoms with Crippen molar-refractivity contribution in [3.05, 3.63) is 60.4 Å². The van der Waals surface area contributed by atoms with Gasteiger partial charge in [0.25, 0.3) is 11.7 Å². The monoisotopic (exact) mass is 347 g/mol. The lowest BCUT2D eigenvalue weighted by Gasteiger charge is -2.07. The molecule has 0 bridgehead atoms. The van der Waals surface area contributed by atoms with Gasteiger partial charge in [0.1, 0.15) is 6.33 Å². The molecule has 0 unspecified atom stereocenters. The number of nitrogens with one attached hydrogen (secondary N) is 1. The normalized spacial score (nSPS) is 10.8. The number of carbonyl (C=O) groups is 1. The minimum Gasteiger partial charge on any atom is -0.322 e. The summed E-state index contributed by atoms with van der Waals surface area (Å²) in [6, 6.07) is 13.0. The Morgan fingerprint density at radius 1 is 1.08 bits per heavy atom. The molecule has 3 aromatic rings. The average molecular weight is 347 g/mol. The summed E-state index contributed by atoms with van der Waals surface area (Å²) in [5.74, 6) is -2.77. The summed E-state index contributed by atoms with van der Waals surface area (Å²) in [4.78, 5) is 12.6. The maximum Gasteiger partial charge on any atom is 0.288 e. The lowest BCUT2D eigenvalue weighted by atomic mass is 10.2. The fourth-order valence-corrected chi connectivity index (χ4v) is 2.47. The highest BCUT2D eigenvalue weighted by Crippen LogP contribution is 2.26. The smallest absolute Gasteiger partial charge is 0.288 e. The molecular weight excluding hydrogens is 336 g/mol. The number of halogens is 2. The molecule has 9 heteroatoms. The molecule has 0 spiro atoms. The van der Waals surface area contributed by atoms with Crippen LogP contribution in [0.3, 0.4) is 0 Å². The van der Waals surface area contributed by atoms with Crippen LogP contribution in [0, 0.1) is 0 Å². The molecule has 0 atom stereocenters. The molecule has 6 nitrogen and oxygen atoms in total. The van der Waals surface area contributed by atoms with E-state index in [-0.39, 0.29) is 5.91 Å². The van der Waals surface area contributed by atoms with E-state index in [1.807, 2.05) is 0 Å². The zero-order valence-electron chi connectivity index (χ0n) is 12.1. The van der Waals surface area contributed by atoms with Crippen LogP contribution in [0.1, 0.15) is 10.4 Å².